The van der Waals surface area contributed by atoms with Gasteiger partial charge in [-0.2, -0.15) is 0 Å². The first kappa shape index (κ1) is 13.1. The number of nitrogens with zero attached hydrogens (tertiary/aromatic N) is 1. The van der Waals surface area contributed by atoms with Crippen LogP contribution in [0.4, 0.5) is 11.4 Å². The van der Waals surface area contributed by atoms with Gasteiger partial charge in [-0.3, -0.25) is 4.79 Å². The molecule has 6 nitrogen and oxygen atoms in total. The van der Waals surface area contributed by atoms with E-state index in [4.69, 9.17) is 15.0 Å². The zero-order valence-electron chi connectivity index (χ0n) is 10.8. The van der Waals surface area contributed by atoms with Crippen molar-refractivity contribution in [2.45, 2.75) is 13.5 Å². The summed E-state index contributed by atoms with van der Waals surface area (Å²) in [6.45, 7) is 2.17. The Kier molecular flexibility index (Phi) is 3.82. The Bertz CT molecular complexity index is 593. The Morgan fingerprint density at radius 1 is 1.47 bits per heavy atom. The van der Waals surface area contributed by atoms with Crippen LogP contribution in [0, 0.1) is 6.92 Å². The number of rotatable bonds is 4. The van der Waals surface area contributed by atoms with Gasteiger partial charge in [0.05, 0.1) is 0 Å². The van der Waals surface area contributed by atoms with Gasteiger partial charge in [-0.1, -0.05) is 11.2 Å². The van der Waals surface area contributed by atoms with Crippen LogP contribution >= 0.6 is 0 Å². The molecule has 2 rings (SSSR count). The Hall–Kier alpha value is -2.34. The van der Waals surface area contributed by atoms with Crippen LogP contribution in [0.3, 0.4) is 0 Å². The molecule has 0 unspecified atom stereocenters. The van der Waals surface area contributed by atoms with E-state index in [0.717, 1.165) is 5.56 Å². The number of carbonyl (C=O) groups is 1. The fraction of sp³-hybridized carbons (Fsp3) is 0.231. The average Bonchev–Trinajstić information content (AvgIpc) is 2.83. The smallest absolute Gasteiger partial charge is 0.277 e. The van der Waals surface area contributed by atoms with Gasteiger partial charge in [-0.05, 0) is 24.6 Å². The van der Waals surface area contributed by atoms with Crippen molar-refractivity contribution >= 4 is 17.3 Å². The van der Waals surface area contributed by atoms with Crippen LogP contribution in [0.2, 0.25) is 0 Å². The molecule has 0 radical (unpaired) electrons. The summed E-state index contributed by atoms with van der Waals surface area (Å²) in [5.41, 5.74) is 8.18. The van der Waals surface area contributed by atoms with Gasteiger partial charge < -0.3 is 20.3 Å². The van der Waals surface area contributed by atoms with Crippen molar-refractivity contribution in [3.8, 4) is 0 Å². The molecule has 1 heterocycles. The molecule has 2 aromatic rings. The van der Waals surface area contributed by atoms with E-state index in [0.29, 0.717) is 17.1 Å². The quantitative estimate of drug-likeness (QED) is 0.821. The number of carbonyl (C=O) groups excluding carboxylic acids is 1. The number of aromatic nitrogens is 1. The summed E-state index contributed by atoms with van der Waals surface area (Å²) in [6.07, 6.45) is 0. The molecule has 0 aliphatic carbocycles. The molecule has 1 aromatic carbocycles. The van der Waals surface area contributed by atoms with E-state index in [-0.39, 0.29) is 18.2 Å². The molecule has 0 saturated carbocycles. The first-order valence-electron chi connectivity index (χ1n) is 5.72. The lowest BCUT2D eigenvalue weighted by Gasteiger charge is -2.05. The molecule has 19 heavy (non-hydrogen) atoms. The number of nitrogen functional groups attached to an aromatic ring is 1. The molecule has 0 fully saturated rings. The largest absolute Gasteiger partial charge is 0.398 e. The van der Waals surface area contributed by atoms with Gasteiger partial charge in [0.15, 0.2) is 11.5 Å². The van der Waals surface area contributed by atoms with Gasteiger partial charge in [-0.25, -0.2) is 0 Å². The highest BCUT2D eigenvalue weighted by molar-refractivity contribution is 6.03. The normalized spacial score (nSPS) is 10.4. The topological polar surface area (TPSA) is 90.4 Å². The van der Waals surface area contributed by atoms with Crippen molar-refractivity contribution in [2.24, 2.45) is 0 Å². The molecular weight excluding hydrogens is 246 g/mol. The minimum atomic E-state index is -0.352. The highest BCUT2D eigenvalue weighted by Gasteiger charge is 2.12. The number of ether oxygens (including phenoxy) is 1. The van der Waals surface area contributed by atoms with Crippen LogP contribution in [0.25, 0.3) is 0 Å². The zero-order valence-corrected chi connectivity index (χ0v) is 10.8. The molecule has 0 aliphatic heterocycles. The molecule has 0 saturated heterocycles. The minimum absolute atomic E-state index is 0.200. The van der Waals surface area contributed by atoms with Crippen LogP contribution < -0.4 is 11.1 Å². The predicted octanol–water partition coefficient (Wildman–Crippen LogP) is 1.96. The van der Waals surface area contributed by atoms with Gasteiger partial charge in [0.1, 0.15) is 6.61 Å². The van der Waals surface area contributed by atoms with Crippen LogP contribution in [0.5, 0.6) is 0 Å². The van der Waals surface area contributed by atoms with E-state index in [1.807, 2.05) is 13.0 Å². The second-order valence-electron chi connectivity index (χ2n) is 4.14. The molecule has 100 valence electrons. The SMILES string of the molecule is COCc1cc(C(=O)Nc2ccc(C)c(N)c2)no1. The maximum absolute atomic E-state index is 11.9. The number of hydrogen-bond acceptors (Lipinski definition) is 5. The number of hydrogen-bond donors (Lipinski definition) is 2. The number of aryl methyl sites for hydroxylation is 1. The number of amides is 1. The monoisotopic (exact) mass is 261 g/mol. The maximum atomic E-state index is 11.9. The maximum Gasteiger partial charge on any atom is 0.277 e. The van der Waals surface area contributed by atoms with Crippen LogP contribution in [0.1, 0.15) is 21.8 Å². The summed E-state index contributed by atoms with van der Waals surface area (Å²) in [4.78, 5) is 11.9. The van der Waals surface area contributed by atoms with E-state index < -0.39 is 0 Å². The van der Waals surface area contributed by atoms with Crippen molar-refractivity contribution in [3.63, 3.8) is 0 Å². The lowest BCUT2D eigenvalue weighted by atomic mass is 10.2. The third kappa shape index (κ3) is 3.11. The summed E-state index contributed by atoms with van der Waals surface area (Å²) >= 11 is 0. The van der Waals surface area contributed by atoms with Crippen LogP contribution in [-0.4, -0.2) is 18.2 Å². The van der Waals surface area contributed by atoms with Crippen molar-refractivity contribution in [3.05, 3.63) is 41.3 Å². The molecule has 0 atom stereocenters. The summed E-state index contributed by atoms with van der Waals surface area (Å²) in [5, 5.41) is 6.37. The number of nitrogens with two attached hydrogens (primary N) is 1. The van der Waals surface area contributed by atoms with Crippen molar-refractivity contribution in [2.75, 3.05) is 18.2 Å². The minimum Gasteiger partial charge on any atom is -0.398 e. The number of benzene rings is 1. The van der Waals surface area contributed by atoms with Gasteiger partial charge in [0.2, 0.25) is 0 Å². The second-order valence-corrected chi connectivity index (χ2v) is 4.14. The fourth-order valence-electron chi connectivity index (χ4n) is 1.54. The Morgan fingerprint density at radius 2 is 2.26 bits per heavy atom. The fourth-order valence-corrected chi connectivity index (χ4v) is 1.54. The van der Waals surface area contributed by atoms with Crippen molar-refractivity contribution in [1.82, 2.24) is 5.16 Å². The molecular formula is C13H15N3O3. The van der Waals surface area contributed by atoms with Gasteiger partial charge in [0.25, 0.3) is 5.91 Å². The van der Waals surface area contributed by atoms with E-state index in [9.17, 15) is 4.79 Å². The Morgan fingerprint density at radius 3 is 2.95 bits per heavy atom. The van der Waals surface area contributed by atoms with Gasteiger partial charge in [0, 0.05) is 24.6 Å². The first-order valence-corrected chi connectivity index (χ1v) is 5.72. The van der Waals surface area contributed by atoms with Gasteiger partial charge in [-0.15, -0.1) is 0 Å². The van der Waals surface area contributed by atoms with Crippen molar-refractivity contribution in [1.29, 1.82) is 0 Å². The van der Waals surface area contributed by atoms with E-state index in [2.05, 4.69) is 10.5 Å². The predicted molar refractivity (Wildman–Crippen MR) is 70.8 cm³/mol. The molecule has 0 aliphatic rings. The standard InChI is InChI=1S/C13H15N3O3/c1-8-3-4-9(5-11(8)14)15-13(17)12-6-10(7-18-2)19-16-12/h3-6H,7,14H2,1-2H3,(H,15,17). The lowest BCUT2D eigenvalue weighted by Crippen LogP contribution is -2.12. The van der Waals surface area contributed by atoms with E-state index in [1.54, 1.807) is 12.1 Å². The second kappa shape index (κ2) is 5.53. The van der Waals surface area contributed by atoms with Crippen molar-refractivity contribution < 1.29 is 14.1 Å². The summed E-state index contributed by atoms with van der Waals surface area (Å²) in [5.74, 6) is 0.144. The molecule has 3 N–H and O–H groups in total. The molecule has 6 heteroatoms. The number of methoxy groups -OCH3 is 1. The molecule has 0 bridgehead atoms. The summed E-state index contributed by atoms with van der Waals surface area (Å²) in [7, 11) is 1.54. The molecule has 0 spiro atoms. The summed E-state index contributed by atoms with van der Waals surface area (Å²) < 4.78 is 9.83. The van der Waals surface area contributed by atoms with E-state index >= 15 is 0 Å². The van der Waals surface area contributed by atoms with Crippen LogP contribution in [-0.2, 0) is 11.3 Å². The molecule has 1 aromatic heterocycles. The number of anilines is 2. The van der Waals surface area contributed by atoms with E-state index in [1.165, 1.54) is 13.2 Å². The van der Waals surface area contributed by atoms with Gasteiger partial charge >= 0.3 is 0 Å². The first-order chi connectivity index (χ1) is 9.10. The third-order valence-corrected chi connectivity index (χ3v) is 2.62. The summed E-state index contributed by atoms with van der Waals surface area (Å²) in [6, 6.07) is 6.85. The highest BCUT2D eigenvalue weighted by atomic mass is 16.5. The average molecular weight is 261 g/mol. The highest BCUT2D eigenvalue weighted by Crippen LogP contribution is 2.17. The Balaban J connectivity index is 2.09. The zero-order chi connectivity index (χ0) is 13.8. The Labute approximate surface area is 110 Å². The lowest BCUT2D eigenvalue weighted by molar-refractivity contribution is 0.101. The number of nitrogens with one attached hydrogen (secondary N) is 1. The third-order valence-electron chi connectivity index (χ3n) is 2.62. The van der Waals surface area contributed by atoms with Crippen LogP contribution in [0.15, 0.2) is 28.8 Å². The molecule has 1 amide bonds.